The molecule has 1 aromatic rings. The Balaban J connectivity index is 2.05. The highest BCUT2D eigenvalue weighted by Crippen LogP contribution is 2.45. The van der Waals surface area contributed by atoms with Gasteiger partial charge in [0.1, 0.15) is 21.6 Å². The molecule has 0 aliphatic carbocycles. The third kappa shape index (κ3) is 2.56. The van der Waals surface area contributed by atoms with Crippen molar-refractivity contribution < 1.29 is 14.7 Å². The Morgan fingerprint density at radius 1 is 1.30 bits per heavy atom. The maximum absolute atomic E-state index is 12.6. The Bertz CT molecular complexity index is 781. The number of carboxylic acid groups (broad SMARTS) is 1. The van der Waals surface area contributed by atoms with Gasteiger partial charge in [0.05, 0.1) is 11.4 Å². The predicted octanol–water partition coefficient (Wildman–Crippen LogP) is 2.34. The average molecular weight is 370 g/mol. The van der Waals surface area contributed by atoms with E-state index in [0.717, 1.165) is 28.0 Å². The van der Waals surface area contributed by atoms with Crippen molar-refractivity contribution in [3.63, 3.8) is 0 Å². The first-order chi connectivity index (χ1) is 10.8. The molecule has 0 atom stereocenters. The number of aliphatic carboxylic acids is 1. The second-order valence-corrected chi connectivity index (χ2v) is 7.14. The summed E-state index contributed by atoms with van der Waals surface area (Å²) in [5.41, 5.74) is 1.79. The maximum Gasteiger partial charge on any atom is 0.323 e. The van der Waals surface area contributed by atoms with Crippen molar-refractivity contribution in [3.8, 4) is 0 Å². The summed E-state index contributed by atoms with van der Waals surface area (Å²) >= 11 is 12.3. The highest BCUT2D eigenvalue weighted by Gasteiger charge is 2.40. The van der Waals surface area contributed by atoms with Crippen LogP contribution >= 0.6 is 35.6 Å². The SMILES string of the molecule is CN1C(=C2SC(=S)N(CC(=O)O)C2=O)N(C)c2cc(Cl)ccc21. The van der Waals surface area contributed by atoms with E-state index in [2.05, 4.69) is 0 Å². The number of carbonyl (C=O) groups is 2. The van der Waals surface area contributed by atoms with Crippen molar-refractivity contribution in [2.45, 2.75) is 0 Å². The lowest BCUT2D eigenvalue weighted by atomic mass is 10.2. The van der Waals surface area contributed by atoms with Gasteiger partial charge < -0.3 is 14.9 Å². The molecule has 3 rings (SSSR count). The Labute approximate surface area is 147 Å². The number of hydrogen-bond acceptors (Lipinski definition) is 6. The van der Waals surface area contributed by atoms with Gasteiger partial charge in [-0.25, -0.2) is 0 Å². The summed E-state index contributed by atoms with van der Waals surface area (Å²) in [5.74, 6) is -0.835. The minimum atomic E-state index is -1.10. The standard InChI is InChI=1S/C14H12ClN3O3S2/c1-16-8-4-3-7(15)5-9(8)17(2)12(16)11-13(21)18(6-10(19)20)14(22)23-11/h3-5H,6H2,1-2H3,(H,19,20). The highest BCUT2D eigenvalue weighted by molar-refractivity contribution is 8.26. The molecule has 1 amide bonds. The quantitative estimate of drug-likeness (QED) is 0.634. The summed E-state index contributed by atoms with van der Waals surface area (Å²) in [7, 11) is 3.67. The van der Waals surface area contributed by atoms with E-state index < -0.39 is 18.4 Å². The largest absolute Gasteiger partial charge is 0.480 e. The molecule has 2 aliphatic rings. The molecule has 0 unspecified atom stereocenters. The number of amides is 1. The highest BCUT2D eigenvalue weighted by atomic mass is 35.5. The van der Waals surface area contributed by atoms with Crippen molar-refractivity contribution in [1.82, 2.24) is 4.90 Å². The van der Waals surface area contributed by atoms with Crippen LogP contribution in [0.15, 0.2) is 28.9 Å². The number of anilines is 2. The molecule has 0 aromatic heterocycles. The zero-order chi connectivity index (χ0) is 16.9. The molecule has 23 heavy (non-hydrogen) atoms. The summed E-state index contributed by atoms with van der Waals surface area (Å²) in [6, 6.07) is 5.47. The van der Waals surface area contributed by atoms with E-state index in [1.165, 1.54) is 0 Å². The zero-order valence-corrected chi connectivity index (χ0v) is 14.6. The van der Waals surface area contributed by atoms with Gasteiger partial charge in [-0.05, 0) is 18.2 Å². The lowest BCUT2D eigenvalue weighted by molar-refractivity contribution is -0.140. The Morgan fingerprint density at radius 3 is 2.61 bits per heavy atom. The minimum Gasteiger partial charge on any atom is -0.480 e. The van der Waals surface area contributed by atoms with E-state index in [0.29, 0.717) is 15.7 Å². The van der Waals surface area contributed by atoms with Crippen molar-refractivity contribution in [2.24, 2.45) is 0 Å². The fraction of sp³-hybridized carbons (Fsp3) is 0.214. The first-order valence-corrected chi connectivity index (χ1v) is 8.18. The molecule has 0 bridgehead atoms. The van der Waals surface area contributed by atoms with Gasteiger partial charge in [0.2, 0.25) is 0 Å². The minimum absolute atomic E-state index is 0.246. The first kappa shape index (κ1) is 16.1. The fourth-order valence-electron chi connectivity index (χ4n) is 2.61. The molecular formula is C14H12ClN3O3S2. The van der Waals surface area contributed by atoms with Crippen molar-refractivity contribution in [3.05, 3.63) is 33.9 Å². The fourth-order valence-corrected chi connectivity index (χ4v) is 4.17. The van der Waals surface area contributed by atoms with E-state index in [-0.39, 0.29) is 4.32 Å². The number of thioether (sulfide) groups is 1. The molecule has 1 fully saturated rings. The number of hydrogen-bond donors (Lipinski definition) is 1. The Kier molecular flexibility index (Phi) is 3.99. The summed E-state index contributed by atoms with van der Waals surface area (Å²) in [6.45, 7) is -0.437. The number of benzene rings is 1. The number of rotatable bonds is 2. The number of halogens is 1. The van der Waals surface area contributed by atoms with E-state index in [1.807, 2.05) is 36.0 Å². The van der Waals surface area contributed by atoms with Crippen LogP contribution in [0.25, 0.3) is 0 Å². The topological polar surface area (TPSA) is 64.1 Å². The molecule has 0 radical (unpaired) electrons. The Hall–Kier alpha value is -1.77. The molecule has 120 valence electrons. The number of carboxylic acids is 1. The van der Waals surface area contributed by atoms with Crippen LogP contribution < -0.4 is 9.80 Å². The van der Waals surface area contributed by atoms with E-state index in [1.54, 1.807) is 6.07 Å². The summed E-state index contributed by atoms with van der Waals surface area (Å²) in [6.07, 6.45) is 0. The Morgan fingerprint density at radius 2 is 1.96 bits per heavy atom. The molecule has 0 saturated carbocycles. The number of thiocarbonyl (C=S) groups is 1. The van der Waals surface area contributed by atoms with Crippen LogP contribution in [0.4, 0.5) is 11.4 Å². The molecule has 1 N–H and O–H groups in total. The third-order valence-electron chi connectivity index (χ3n) is 3.64. The van der Waals surface area contributed by atoms with Crippen molar-refractivity contribution in [2.75, 3.05) is 30.4 Å². The first-order valence-electron chi connectivity index (χ1n) is 6.58. The van der Waals surface area contributed by atoms with E-state index >= 15 is 0 Å². The lowest BCUT2D eigenvalue weighted by Gasteiger charge is -2.20. The van der Waals surface area contributed by atoms with Gasteiger partial charge in [0, 0.05) is 19.1 Å². The van der Waals surface area contributed by atoms with Crippen molar-refractivity contribution in [1.29, 1.82) is 0 Å². The molecule has 6 nitrogen and oxygen atoms in total. The van der Waals surface area contributed by atoms with Crippen LogP contribution in [-0.4, -0.2) is 46.8 Å². The normalized spacial score (nSPS) is 20.6. The van der Waals surface area contributed by atoms with Crippen LogP contribution in [-0.2, 0) is 9.59 Å². The van der Waals surface area contributed by atoms with Gasteiger partial charge >= 0.3 is 5.97 Å². The number of carbonyl (C=O) groups excluding carboxylic acids is 1. The molecule has 1 saturated heterocycles. The van der Waals surface area contributed by atoms with Gasteiger partial charge in [-0.1, -0.05) is 35.6 Å². The van der Waals surface area contributed by atoms with Crippen LogP contribution in [0, 0.1) is 0 Å². The van der Waals surface area contributed by atoms with Gasteiger partial charge in [0.15, 0.2) is 0 Å². The second kappa shape index (κ2) is 5.70. The van der Waals surface area contributed by atoms with Gasteiger partial charge in [-0.15, -0.1) is 0 Å². The maximum atomic E-state index is 12.6. The molecule has 0 spiro atoms. The van der Waals surface area contributed by atoms with E-state index in [4.69, 9.17) is 28.9 Å². The monoisotopic (exact) mass is 369 g/mol. The molecule has 2 aliphatic heterocycles. The third-order valence-corrected chi connectivity index (χ3v) is 5.30. The van der Waals surface area contributed by atoms with Crippen molar-refractivity contribution >= 4 is 63.2 Å². The lowest BCUT2D eigenvalue weighted by Crippen LogP contribution is -2.34. The van der Waals surface area contributed by atoms with Crippen LogP contribution in [0.3, 0.4) is 0 Å². The number of fused-ring (bicyclic) bond motifs is 1. The summed E-state index contributed by atoms with van der Waals surface area (Å²) < 4.78 is 0.246. The zero-order valence-electron chi connectivity index (χ0n) is 12.2. The smallest absolute Gasteiger partial charge is 0.323 e. The van der Waals surface area contributed by atoms with E-state index in [9.17, 15) is 9.59 Å². The van der Waals surface area contributed by atoms with Gasteiger partial charge in [-0.3, -0.25) is 14.5 Å². The predicted molar refractivity (Wildman–Crippen MR) is 94.8 cm³/mol. The second-order valence-electron chi connectivity index (χ2n) is 5.06. The van der Waals surface area contributed by atoms with Crippen LogP contribution in [0.1, 0.15) is 0 Å². The molecular weight excluding hydrogens is 358 g/mol. The van der Waals surface area contributed by atoms with Crippen LogP contribution in [0.2, 0.25) is 5.02 Å². The molecule has 1 aromatic carbocycles. The molecule has 2 heterocycles. The van der Waals surface area contributed by atoms with Gasteiger partial charge in [0.25, 0.3) is 5.91 Å². The van der Waals surface area contributed by atoms with Crippen LogP contribution in [0.5, 0.6) is 0 Å². The number of nitrogens with zero attached hydrogens (tertiary/aromatic N) is 3. The summed E-state index contributed by atoms with van der Waals surface area (Å²) in [4.78, 5) is 28.7. The molecule has 9 heteroatoms. The average Bonchev–Trinajstić information content (AvgIpc) is 2.87. The summed E-state index contributed by atoms with van der Waals surface area (Å²) in [5, 5.41) is 9.52. The van der Waals surface area contributed by atoms with Gasteiger partial charge in [-0.2, -0.15) is 0 Å².